The van der Waals surface area contributed by atoms with Crippen LogP contribution in [-0.4, -0.2) is 9.55 Å². The number of rotatable bonds is 2. The van der Waals surface area contributed by atoms with Crippen molar-refractivity contribution in [3.63, 3.8) is 0 Å². The Kier molecular flexibility index (Phi) is 2.49. The molecule has 0 bridgehead atoms. The molecular weight excluding hydrogens is 190 g/mol. The normalized spacial score (nSPS) is 10.1. The second-order valence-electron chi connectivity index (χ2n) is 3.29. The van der Waals surface area contributed by atoms with Gasteiger partial charge in [-0.05, 0) is 5.56 Å². The van der Waals surface area contributed by atoms with Gasteiger partial charge in [-0.2, -0.15) is 4.98 Å². The lowest BCUT2D eigenvalue weighted by Gasteiger charge is -2.05. The zero-order chi connectivity index (χ0) is 10.7. The van der Waals surface area contributed by atoms with Gasteiger partial charge in [0, 0.05) is 12.7 Å². The third-order valence-electron chi connectivity index (χ3n) is 2.08. The molecule has 0 amide bonds. The summed E-state index contributed by atoms with van der Waals surface area (Å²) in [6, 6.07) is 9.91. The van der Waals surface area contributed by atoms with Gasteiger partial charge in [0.2, 0.25) is 0 Å². The summed E-state index contributed by atoms with van der Waals surface area (Å²) < 4.78 is 1.78. The fraction of sp³-hybridized carbons (Fsp3) is 0.0909. The minimum Gasteiger partial charge on any atom is -0.393 e. The van der Waals surface area contributed by atoms with Gasteiger partial charge in [0.15, 0.2) is 0 Å². The molecule has 0 aliphatic rings. The van der Waals surface area contributed by atoms with Crippen LogP contribution < -0.4 is 11.3 Å². The van der Waals surface area contributed by atoms with Crippen molar-refractivity contribution in [3.05, 3.63) is 58.8 Å². The maximum absolute atomic E-state index is 11.0. The molecule has 2 N–H and O–H groups in total. The monoisotopic (exact) mass is 201 g/mol. The standard InChI is InChI=1S/C11H11N3O/c12-10-7-14(8-13-11(10)15)6-9-4-2-1-3-5-9/h1-5,7-8H,6,12H2. The maximum Gasteiger partial charge on any atom is 0.295 e. The van der Waals surface area contributed by atoms with Crippen LogP contribution in [0.1, 0.15) is 5.56 Å². The van der Waals surface area contributed by atoms with E-state index in [-0.39, 0.29) is 11.2 Å². The first kappa shape index (κ1) is 9.45. The van der Waals surface area contributed by atoms with Crippen molar-refractivity contribution < 1.29 is 0 Å². The van der Waals surface area contributed by atoms with Gasteiger partial charge in [-0.15, -0.1) is 0 Å². The van der Waals surface area contributed by atoms with E-state index in [1.807, 2.05) is 30.3 Å². The van der Waals surface area contributed by atoms with E-state index in [1.165, 1.54) is 6.33 Å². The summed E-state index contributed by atoms with van der Waals surface area (Å²) in [5.41, 5.74) is 6.42. The van der Waals surface area contributed by atoms with E-state index in [4.69, 9.17) is 5.73 Å². The fourth-order valence-corrected chi connectivity index (χ4v) is 1.35. The number of nitrogen functional groups attached to an aromatic ring is 1. The highest BCUT2D eigenvalue weighted by atomic mass is 16.1. The van der Waals surface area contributed by atoms with Crippen LogP contribution in [0.3, 0.4) is 0 Å². The highest BCUT2D eigenvalue weighted by Crippen LogP contribution is 2.01. The molecule has 1 aromatic carbocycles. The van der Waals surface area contributed by atoms with Crippen LogP contribution in [0.2, 0.25) is 0 Å². The van der Waals surface area contributed by atoms with Gasteiger partial charge >= 0.3 is 0 Å². The van der Waals surface area contributed by atoms with E-state index in [2.05, 4.69) is 4.98 Å². The first-order valence-electron chi connectivity index (χ1n) is 4.61. The predicted octanol–water partition coefficient (Wildman–Crippen LogP) is 0.874. The molecule has 0 fully saturated rings. The van der Waals surface area contributed by atoms with Crippen molar-refractivity contribution in [1.29, 1.82) is 0 Å². The van der Waals surface area contributed by atoms with E-state index in [9.17, 15) is 4.79 Å². The molecule has 2 rings (SSSR count). The molecule has 76 valence electrons. The van der Waals surface area contributed by atoms with Crippen LogP contribution in [-0.2, 0) is 6.54 Å². The second kappa shape index (κ2) is 3.96. The Morgan fingerprint density at radius 1 is 1.27 bits per heavy atom. The second-order valence-corrected chi connectivity index (χ2v) is 3.29. The average Bonchev–Trinajstić information content (AvgIpc) is 2.25. The average molecular weight is 201 g/mol. The summed E-state index contributed by atoms with van der Waals surface area (Å²) >= 11 is 0. The maximum atomic E-state index is 11.0. The quantitative estimate of drug-likeness (QED) is 0.784. The molecule has 4 nitrogen and oxygen atoms in total. The van der Waals surface area contributed by atoms with Gasteiger partial charge in [0.1, 0.15) is 5.69 Å². The zero-order valence-corrected chi connectivity index (χ0v) is 8.13. The van der Waals surface area contributed by atoms with Crippen LogP contribution >= 0.6 is 0 Å². The van der Waals surface area contributed by atoms with E-state index in [0.717, 1.165) is 5.56 Å². The van der Waals surface area contributed by atoms with Crippen molar-refractivity contribution in [2.75, 3.05) is 5.73 Å². The van der Waals surface area contributed by atoms with Gasteiger partial charge in [-0.1, -0.05) is 30.3 Å². The van der Waals surface area contributed by atoms with Gasteiger partial charge in [-0.25, -0.2) is 0 Å². The highest BCUT2D eigenvalue weighted by Gasteiger charge is 1.97. The largest absolute Gasteiger partial charge is 0.393 e. The molecular formula is C11H11N3O. The Hall–Kier alpha value is -2.10. The lowest BCUT2D eigenvalue weighted by molar-refractivity contribution is 0.763. The summed E-state index contributed by atoms with van der Waals surface area (Å²) in [6.45, 7) is 0.665. The topological polar surface area (TPSA) is 60.9 Å². The van der Waals surface area contributed by atoms with Crippen molar-refractivity contribution in [2.45, 2.75) is 6.54 Å². The predicted molar refractivity (Wildman–Crippen MR) is 58.5 cm³/mol. The summed E-state index contributed by atoms with van der Waals surface area (Å²) in [5.74, 6) is 0. The van der Waals surface area contributed by atoms with E-state index in [0.29, 0.717) is 6.54 Å². The molecule has 0 saturated carbocycles. The highest BCUT2D eigenvalue weighted by molar-refractivity contribution is 5.30. The van der Waals surface area contributed by atoms with Gasteiger partial charge in [0.25, 0.3) is 5.56 Å². The molecule has 0 unspecified atom stereocenters. The minimum absolute atomic E-state index is 0.174. The van der Waals surface area contributed by atoms with Crippen LogP contribution in [0.4, 0.5) is 5.69 Å². The number of aromatic nitrogens is 2. The van der Waals surface area contributed by atoms with Crippen LogP contribution in [0.5, 0.6) is 0 Å². The van der Waals surface area contributed by atoms with E-state index < -0.39 is 0 Å². The van der Waals surface area contributed by atoms with Crippen molar-refractivity contribution >= 4 is 5.69 Å². The number of nitrogens with zero attached hydrogens (tertiary/aromatic N) is 2. The van der Waals surface area contributed by atoms with Crippen LogP contribution in [0, 0.1) is 0 Å². The fourth-order valence-electron chi connectivity index (χ4n) is 1.35. The van der Waals surface area contributed by atoms with Crippen molar-refractivity contribution in [3.8, 4) is 0 Å². The molecule has 2 aromatic rings. The Morgan fingerprint density at radius 3 is 2.67 bits per heavy atom. The van der Waals surface area contributed by atoms with Crippen LogP contribution in [0.25, 0.3) is 0 Å². The molecule has 0 atom stereocenters. The summed E-state index contributed by atoms with van der Waals surface area (Å²) in [5, 5.41) is 0. The summed E-state index contributed by atoms with van der Waals surface area (Å²) in [4.78, 5) is 14.6. The van der Waals surface area contributed by atoms with Gasteiger partial charge in [-0.3, -0.25) is 4.79 Å². The Morgan fingerprint density at radius 2 is 2.00 bits per heavy atom. The Balaban J connectivity index is 2.26. The molecule has 0 radical (unpaired) electrons. The van der Waals surface area contributed by atoms with E-state index in [1.54, 1.807) is 10.8 Å². The van der Waals surface area contributed by atoms with Gasteiger partial charge < -0.3 is 10.3 Å². The van der Waals surface area contributed by atoms with Crippen molar-refractivity contribution in [2.24, 2.45) is 0 Å². The number of hydrogen-bond acceptors (Lipinski definition) is 3. The number of anilines is 1. The molecule has 0 aliphatic carbocycles. The third kappa shape index (κ3) is 2.22. The lowest BCUT2D eigenvalue weighted by atomic mass is 10.2. The van der Waals surface area contributed by atoms with Crippen LogP contribution in [0.15, 0.2) is 47.7 Å². The zero-order valence-electron chi connectivity index (χ0n) is 8.13. The summed E-state index contributed by atoms with van der Waals surface area (Å²) in [7, 11) is 0. The SMILES string of the molecule is Nc1cn(Cc2ccccc2)cnc1=O. The smallest absolute Gasteiger partial charge is 0.295 e. The summed E-state index contributed by atoms with van der Waals surface area (Å²) in [6.07, 6.45) is 3.09. The number of benzene rings is 1. The molecule has 0 spiro atoms. The number of hydrogen-bond donors (Lipinski definition) is 1. The minimum atomic E-state index is -0.376. The Labute approximate surface area is 87.0 Å². The first-order chi connectivity index (χ1) is 7.25. The molecule has 15 heavy (non-hydrogen) atoms. The first-order valence-corrected chi connectivity index (χ1v) is 4.61. The lowest BCUT2D eigenvalue weighted by Crippen LogP contribution is -2.15. The Bertz CT molecular complexity index is 505. The molecule has 0 saturated heterocycles. The third-order valence-corrected chi connectivity index (χ3v) is 2.08. The molecule has 1 aromatic heterocycles. The molecule has 0 aliphatic heterocycles. The van der Waals surface area contributed by atoms with E-state index >= 15 is 0 Å². The molecule has 4 heteroatoms. The van der Waals surface area contributed by atoms with Gasteiger partial charge in [0.05, 0.1) is 6.33 Å². The molecule has 1 heterocycles. The number of nitrogens with two attached hydrogens (primary N) is 1. The van der Waals surface area contributed by atoms with Crippen molar-refractivity contribution in [1.82, 2.24) is 9.55 Å².